The van der Waals surface area contributed by atoms with Crippen LogP contribution in [0.15, 0.2) is 46.4 Å². The van der Waals surface area contributed by atoms with Crippen molar-refractivity contribution < 1.29 is 9.47 Å². The molecule has 0 amide bonds. The average molecular weight is 556 g/mol. The zero-order valence-corrected chi connectivity index (χ0v) is 24.5. The molecule has 216 valence electrons. The highest BCUT2D eigenvalue weighted by molar-refractivity contribution is 5.97. The lowest BCUT2D eigenvalue weighted by molar-refractivity contribution is 0.187. The van der Waals surface area contributed by atoms with E-state index < -0.39 is 0 Å². The maximum Gasteiger partial charge on any atom is 0.318 e. The Morgan fingerprint density at radius 1 is 1.12 bits per heavy atom. The third-order valence-electron chi connectivity index (χ3n) is 8.72. The smallest absolute Gasteiger partial charge is 0.318 e. The quantitative estimate of drug-likeness (QED) is 0.286. The fourth-order valence-electron chi connectivity index (χ4n) is 6.24. The molecule has 1 saturated heterocycles. The number of rotatable bonds is 10. The summed E-state index contributed by atoms with van der Waals surface area (Å²) in [5, 5.41) is 6.31. The van der Waals surface area contributed by atoms with Crippen molar-refractivity contribution >= 4 is 28.3 Å². The SMILES string of the molecule is COCCN=C=NC1CC(Nc2nc(OCC3CCCN3C)nc3c2CCN(c2cccc4cccc(C)c24)C3)C1. The first-order chi connectivity index (χ1) is 20.1. The summed E-state index contributed by atoms with van der Waals surface area (Å²) in [6.07, 6.45) is 5.13. The van der Waals surface area contributed by atoms with Gasteiger partial charge in [-0.3, -0.25) is 0 Å². The summed E-state index contributed by atoms with van der Waals surface area (Å²) in [6, 6.07) is 17.4. The topological polar surface area (TPSA) is 87.5 Å². The van der Waals surface area contributed by atoms with Crippen LogP contribution in [-0.2, 0) is 17.7 Å². The van der Waals surface area contributed by atoms with Gasteiger partial charge in [-0.1, -0.05) is 30.3 Å². The number of aliphatic imine (C=N–C) groups is 2. The van der Waals surface area contributed by atoms with Gasteiger partial charge in [-0.2, -0.15) is 9.97 Å². The molecule has 2 fully saturated rings. The van der Waals surface area contributed by atoms with Crippen molar-refractivity contribution in [3.8, 4) is 6.01 Å². The second kappa shape index (κ2) is 12.6. The van der Waals surface area contributed by atoms with Crippen molar-refractivity contribution in [3.63, 3.8) is 0 Å². The van der Waals surface area contributed by atoms with Gasteiger partial charge < -0.3 is 24.6 Å². The summed E-state index contributed by atoms with van der Waals surface area (Å²) in [6.45, 7) is 6.76. The number of aryl methyl sites for hydroxylation is 1. The van der Waals surface area contributed by atoms with Crippen molar-refractivity contribution in [1.82, 2.24) is 14.9 Å². The van der Waals surface area contributed by atoms with E-state index in [0.29, 0.717) is 37.9 Å². The number of fused-ring (bicyclic) bond motifs is 2. The number of methoxy groups -OCH3 is 1. The zero-order chi connectivity index (χ0) is 28.2. The minimum Gasteiger partial charge on any atom is -0.462 e. The molecular formula is C32H41N7O2. The monoisotopic (exact) mass is 555 g/mol. The number of ether oxygens (including phenoxy) is 2. The molecule has 1 aliphatic carbocycles. The highest BCUT2D eigenvalue weighted by Gasteiger charge is 2.32. The molecule has 3 aliphatic rings. The lowest BCUT2D eigenvalue weighted by Crippen LogP contribution is -2.39. The molecule has 1 atom stereocenters. The summed E-state index contributed by atoms with van der Waals surface area (Å²) in [4.78, 5) is 23.4. The Hall–Kier alpha value is -3.52. The molecule has 1 aromatic heterocycles. The van der Waals surface area contributed by atoms with Gasteiger partial charge in [-0.25, -0.2) is 9.98 Å². The maximum atomic E-state index is 6.26. The van der Waals surface area contributed by atoms with Gasteiger partial charge in [0.15, 0.2) is 0 Å². The first-order valence-electron chi connectivity index (χ1n) is 14.9. The van der Waals surface area contributed by atoms with Gasteiger partial charge >= 0.3 is 6.01 Å². The van der Waals surface area contributed by atoms with Gasteiger partial charge in [0.2, 0.25) is 0 Å². The fourth-order valence-corrected chi connectivity index (χ4v) is 6.24. The van der Waals surface area contributed by atoms with E-state index in [1.807, 2.05) is 0 Å². The van der Waals surface area contributed by atoms with E-state index >= 15 is 0 Å². The van der Waals surface area contributed by atoms with E-state index in [9.17, 15) is 0 Å². The largest absolute Gasteiger partial charge is 0.462 e. The standard InChI is InChI=1S/C32H41N7O2/c1-22-7-4-8-23-9-5-11-29(30(22)23)39-15-12-27-28(19-39)36-32(41-20-26-10-6-14-38(26)2)37-31(27)35-25-17-24(18-25)34-21-33-13-16-40-3/h4-5,7-9,11,24-26H,6,10,12-20H2,1-3H3,(H,35,36,37). The molecule has 1 unspecified atom stereocenters. The minimum atomic E-state index is 0.246. The minimum absolute atomic E-state index is 0.246. The number of likely N-dealkylation sites (N-methyl/N-ethyl adjacent to an activating group) is 1. The molecule has 0 radical (unpaired) electrons. The molecular weight excluding hydrogens is 514 g/mol. The number of aromatic nitrogens is 2. The normalized spacial score (nSPS) is 22.1. The molecule has 3 heterocycles. The molecule has 0 spiro atoms. The number of benzene rings is 2. The number of hydrogen-bond acceptors (Lipinski definition) is 9. The molecule has 1 N–H and O–H groups in total. The summed E-state index contributed by atoms with van der Waals surface area (Å²) >= 11 is 0. The Morgan fingerprint density at radius 2 is 1.98 bits per heavy atom. The molecule has 2 aliphatic heterocycles. The molecule has 1 saturated carbocycles. The first-order valence-corrected chi connectivity index (χ1v) is 14.9. The molecule has 9 heteroatoms. The third-order valence-corrected chi connectivity index (χ3v) is 8.72. The number of nitrogens with zero attached hydrogens (tertiary/aromatic N) is 6. The fraction of sp³-hybridized carbons (Fsp3) is 0.531. The predicted molar refractivity (Wildman–Crippen MR) is 164 cm³/mol. The van der Waals surface area contributed by atoms with Crippen molar-refractivity contribution in [3.05, 3.63) is 53.2 Å². The van der Waals surface area contributed by atoms with E-state index in [2.05, 4.69) is 81.5 Å². The van der Waals surface area contributed by atoms with Crippen LogP contribution in [0.4, 0.5) is 11.5 Å². The van der Waals surface area contributed by atoms with E-state index in [1.165, 1.54) is 34.0 Å². The highest BCUT2D eigenvalue weighted by atomic mass is 16.5. The van der Waals surface area contributed by atoms with Gasteiger partial charge in [0.1, 0.15) is 12.4 Å². The van der Waals surface area contributed by atoms with Crippen molar-refractivity contribution in [1.29, 1.82) is 0 Å². The Balaban J connectivity index is 1.22. The maximum absolute atomic E-state index is 6.26. The van der Waals surface area contributed by atoms with E-state index in [-0.39, 0.29) is 6.04 Å². The van der Waals surface area contributed by atoms with Crippen LogP contribution in [0, 0.1) is 6.92 Å². The van der Waals surface area contributed by atoms with Crippen LogP contribution >= 0.6 is 0 Å². The van der Waals surface area contributed by atoms with Crippen LogP contribution in [0.1, 0.15) is 42.5 Å². The molecule has 6 rings (SSSR count). The Morgan fingerprint density at radius 3 is 2.78 bits per heavy atom. The molecule has 0 bridgehead atoms. The average Bonchev–Trinajstić information content (AvgIpc) is 3.38. The number of anilines is 2. The van der Waals surface area contributed by atoms with Crippen LogP contribution in [0.3, 0.4) is 0 Å². The molecule has 3 aromatic rings. The highest BCUT2D eigenvalue weighted by Crippen LogP contribution is 2.36. The van der Waals surface area contributed by atoms with E-state index in [4.69, 9.17) is 19.4 Å². The summed E-state index contributed by atoms with van der Waals surface area (Å²) in [5.74, 6) is 0.916. The third kappa shape index (κ3) is 6.22. The van der Waals surface area contributed by atoms with Crippen molar-refractivity contribution in [2.75, 3.05) is 57.2 Å². The van der Waals surface area contributed by atoms with Gasteiger partial charge in [0.05, 0.1) is 37.4 Å². The van der Waals surface area contributed by atoms with Gasteiger partial charge in [-0.15, -0.1) is 0 Å². The first kappa shape index (κ1) is 27.6. The summed E-state index contributed by atoms with van der Waals surface area (Å²) < 4.78 is 11.3. The zero-order valence-electron chi connectivity index (χ0n) is 24.5. The van der Waals surface area contributed by atoms with Crippen molar-refractivity contribution in [2.24, 2.45) is 9.98 Å². The van der Waals surface area contributed by atoms with Crippen LogP contribution in [0.5, 0.6) is 6.01 Å². The molecule has 2 aromatic carbocycles. The number of hydrogen-bond donors (Lipinski definition) is 1. The number of nitrogens with one attached hydrogen (secondary N) is 1. The van der Waals surface area contributed by atoms with Crippen LogP contribution in [-0.4, -0.2) is 86.0 Å². The lowest BCUT2D eigenvalue weighted by Gasteiger charge is -2.35. The second-order valence-electron chi connectivity index (χ2n) is 11.6. The van der Waals surface area contributed by atoms with Crippen molar-refractivity contribution in [2.45, 2.75) is 63.7 Å². The Kier molecular flexibility index (Phi) is 8.46. The van der Waals surface area contributed by atoms with Gasteiger partial charge in [0.25, 0.3) is 0 Å². The van der Waals surface area contributed by atoms with E-state index in [1.54, 1.807) is 7.11 Å². The lowest BCUT2D eigenvalue weighted by atomic mass is 9.87. The molecule has 41 heavy (non-hydrogen) atoms. The summed E-state index contributed by atoms with van der Waals surface area (Å²) in [5.41, 5.74) is 4.82. The van der Waals surface area contributed by atoms with E-state index in [0.717, 1.165) is 56.8 Å². The van der Waals surface area contributed by atoms with Crippen LogP contribution in [0.25, 0.3) is 10.8 Å². The Bertz CT molecular complexity index is 1430. The number of likely N-dealkylation sites (tertiary alicyclic amines) is 1. The van der Waals surface area contributed by atoms with Gasteiger partial charge in [-0.05, 0) is 69.6 Å². The van der Waals surface area contributed by atoms with Gasteiger partial charge in [0, 0.05) is 42.4 Å². The molecule has 9 nitrogen and oxygen atoms in total. The van der Waals surface area contributed by atoms with Crippen LogP contribution in [0.2, 0.25) is 0 Å². The predicted octanol–water partition coefficient (Wildman–Crippen LogP) is 4.74. The summed E-state index contributed by atoms with van der Waals surface area (Å²) in [7, 11) is 3.84. The Labute approximate surface area is 242 Å². The second-order valence-corrected chi connectivity index (χ2v) is 11.6. The van der Waals surface area contributed by atoms with Crippen LogP contribution < -0.4 is 15.0 Å².